The van der Waals surface area contributed by atoms with Crippen molar-refractivity contribution in [2.75, 3.05) is 6.54 Å². The van der Waals surface area contributed by atoms with E-state index in [0.29, 0.717) is 23.4 Å². The molecule has 0 aromatic heterocycles. The lowest BCUT2D eigenvalue weighted by molar-refractivity contribution is 0.0968. The summed E-state index contributed by atoms with van der Waals surface area (Å²) in [6, 6.07) is 4.82. The zero-order chi connectivity index (χ0) is 14.3. The van der Waals surface area contributed by atoms with Gasteiger partial charge in [-0.2, -0.15) is 0 Å². The molecule has 1 atom stereocenters. The number of rotatable bonds is 8. The number of benzene rings is 1. The number of halogens is 2. The third-order valence-electron chi connectivity index (χ3n) is 3.30. The number of carbonyl (C=O) groups excluding carboxylic acids is 1. The summed E-state index contributed by atoms with van der Waals surface area (Å²) in [5.41, 5.74) is 5.75. The first-order chi connectivity index (χ1) is 9.10. The SMILES string of the molecule is CCCC(CCN)CCC(=O)c1cccc(Br)c1F. The highest BCUT2D eigenvalue weighted by Gasteiger charge is 2.16. The van der Waals surface area contributed by atoms with E-state index in [2.05, 4.69) is 22.9 Å². The van der Waals surface area contributed by atoms with Gasteiger partial charge in [0.1, 0.15) is 5.82 Å². The van der Waals surface area contributed by atoms with Crippen molar-refractivity contribution in [1.29, 1.82) is 0 Å². The Hall–Kier alpha value is -0.740. The Labute approximate surface area is 122 Å². The largest absolute Gasteiger partial charge is 0.330 e. The maximum Gasteiger partial charge on any atom is 0.165 e. The van der Waals surface area contributed by atoms with Crippen molar-refractivity contribution in [2.24, 2.45) is 11.7 Å². The van der Waals surface area contributed by atoms with Crippen LogP contribution in [0.5, 0.6) is 0 Å². The van der Waals surface area contributed by atoms with E-state index in [1.807, 2.05) is 0 Å². The molecule has 1 unspecified atom stereocenters. The van der Waals surface area contributed by atoms with Gasteiger partial charge in [0.15, 0.2) is 5.78 Å². The van der Waals surface area contributed by atoms with Gasteiger partial charge in [-0.3, -0.25) is 4.79 Å². The lowest BCUT2D eigenvalue weighted by Gasteiger charge is -2.14. The lowest BCUT2D eigenvalue weighted by Crippen LogP contribution is -2.11. The summed E-state index contributed by atoms with van der Waals surface area (Å²) in [5, 5.41) is 0. The lowest BCUT2D eigenvalue weighted by atomic mass is 9.92. The van der Waals surface area contributed by atoms with Crippen LogP contribution in [0.15, 0.2) is 22.7 Å². The minimum atomic E-state index is -0.460. The van der Waals surface area contributed by atoms with Crippen LogP contribution in [-0.4, -0.2) is 12.3 Å². The average molecular weight is 330 g/mol. The van der Waals surface area contributed by atoms with Crippen LogP contribution in [0.2, 0.25) is 0 Å². The topological polar surface area (TPSA) is 43.1 Å². The van der Waals surface area contributed by atoms with Crippen molar-refractivity contribution in [1.82, 2.24) is 0 Å². The van der Waals surface area contributed by atoms with Gasteiger partial charge in [0.2, 0.25) is 0 Å². The smallest absolute Gasteiger partial charge is 0.165 e. The molecule has 0 amide bonds. The predicted molar refractivity (Wildman–Crippen MR) is 79.7 cm³/mol. The fraction of sp³-hybridized carbons (Fsp3) is 0.533. The van der Waals surface area contributed by atoms with Gasteiger partial charge in [0.25, 0.3) is 0 Å². The molecule has 0 radical (unpaired) electrons. The van der Waals surface area contributed by atoms with E-state index in [1.165, 1.54) is 0 Å². The van der Waals surface area contributed by atoms with Crippen LogP contribution in [0, 0.1) is 11.7 Å². The molecule has 19 heavy (non-hydrogen) atoms. The Bertz CT molecular complexity index is 417. The average Bonchev–Trinajstić information content (AvgIpc) is 2.39. The summed E-state index contributed by atoms with van der Waals surface area (Å²) in [6.07, 6.45) is 4.27. The van der Waals surface area contributed by atoms with Gasteiger partial charge < -0.3 is 5.73 Å². The summed E-state index contributed by atoms with van der Waals surface area (Å²) in [7, 11) is 0. The van der Waals surface area contributed by atoms with E-state index in [9.17, 15) is 9.18 Å². The molecule has 0 aliphatic heterocycles. The normalized spacial score (nSPS) is 12.4. The van der Waals surface area contributed by atoms with Gasteiger partial charge in [-0.25, -0.2) is 4.39 Å². The Balaban J connectivity index is 2.61. The Morgan fingerprint density at radius 2 is 2.11 bits per heavy atom. The molecule has 1 aromatic rings. The molecule has 0 spiro atoms. The monoisotopic (exact) mass is 329 g/mol. The van der Waals surface area contributed by atoms with Crippen LogP contribution in [0.3, 0.4) is 0 Å². The number of hydrogen-bond donors (Lipinski definition) is 1. The van der Waals surface area contributed by atoms with Crippen LogP contribution in [-0.2, 0) is 0 Å². The third kappa shape index (κ3) is 5.03. The Morgan fingerprint density at radius 3 is 2.74 bits per heavy atom. The van der Waals surface area contributed by atoms with E-state index >= 15 is 0 Å². The van der Waals surface area contributed by atoms with Gasteiger partial charge in [0.05, 0.1) is 10.0 Å². The van der Waals surface area contributed by atoms with Gasteiger partial charge in [-0.15, -0.1) is 0 Å². The summed E-state index contributed by atoms with van der Waals surface area (Å²) >= 11 is 3.10. The van der Waals surface area contributed by atoms with E-state index in [0.717, 1.165) is 25.7 Å². The highest BCUT2D eigenvalue weighted by molar-refractivity contribution is 9.10. The molecule has 2 N–H and O–H groups in total. The molecule has 1 aromatic carbocycles. The van der Waals surface area contributed by atoms with Gasteiger partial charge >= 0.3 is 0 Å². The summed E-state index contributed by atoms with van der Waals surface area (Å²) in [4.78, 5) is 12.0. The van der Waals surface area contributed by atoms with Crippen molar-refractivity contribution in [3.63, 3.8) is 0 Å². The fourth-order valence-electron chi connectivity index (χ4n) is 2.27. The molecule has 0 saturated heterocycles. The van der Waals surface area contributed by atoms with Crippen LogP contribution in [0.25, 0.3) is 0 Å². The molecule has 0 fully saturated rings. The van der Waals surface area contributed by atoms with Crippen LogP contribution in [0.1, 0.15) is 49.4 Å². The van der Waals surface area contributed by atoms with Crippen molar-refractivity contribution in [3.8, 4) is 0 Å². The van der Waals surface area contributed by atoms with Gasteiger partial charge in [-0.05, 0) is 53.4 Å². The summed E-state index contributed by atoms with van der Waals surface area (Å²) in [5.74, 6) is -0.121. The molecule has 0 saturated carbocycles. The fourth-order valence-corrected chi connectivity index (χ4v) is 2.63. The Morgan fingerprint density at radius 1 is 1.37 bits per heavy atom. The first kappa shape index (κ1) is 16.3. The number of Topliss-reactive ketones (excluding diaryl/α,β-unsaturated/α-hetero) is 1. The first-order valence-corrected chi connectivity index (χ1v) is 7.56. The second kappa shape index (κ2) is 8.43. The number of nitrogens with two attached hydrogens (primary N) is 1. The molecule has 0 bridgehead atoms. The zero-order valence-electron chi connectivity index (χ0n) is 11.3. The van der Waals surface area contributed by atoms with Crippen molar-refractivity contribution < 1.29 is 9.18 Å². The molecular weight excluding hydrogens is 309 g/mol. The van der Waals surface area contributed by atoms with Crippen molar-refractivity contribution in [2.45, 2.75) is 39.0 Å². The molecule has 0 heterocycles. The third-order valence-corrected chi connectivity index (χ3v) is 3.92. The molecule has 0 aliphatic rings. The van der Waals surface area contributed by atoms with Crippen molar-refractivity contribution in [3.05, 3.63) is 34.1 Å². The second-order valence-electron chi connectivity index (χ2n) is 4.80. The molecular formula is C15H21BrFNO. The van der Waals surface area contributed by atoms with E-state index < -0.39 is 5.82 Å². The maximum atomic E-state index is 13.8. The number of hydrogen-bond acceptors (Lipinski definition) is 2. The minimum Gasteiger partial charge on any atom is -0.330 e. The quantitative estimate of drug-likeness (QED) is 0.722. The summed E-state index contributed by atoms with van der Waals surface area (Å²) in [6.45, 7) is 2.77. The standard InChI is InChI=1S/C15H21BrFNO/c1-2-4-11(9-10-18)7-8-14(19)12-5-3-6-13(16)15(12)17/h3,5-6,11H,2,4,7-10,18H2,1H3. The first-order valence-electron chi connectivity index (χ1n) is 6.77. The number of ketones is 1. The molecule has 0 aliphatic carbocycles. The van der Waals surface area contributed by atoms with E-state index in [-0.39, 0.29) is 11.3 Å². The highest BCUT2D eigenvalue weighted by atomic mass is 79.9. The van der Waals surface area contributed by atoms with E-state index in [1.54, 1.807) is 18.2 Å². The second-order valence-corrected chi connectivity index (χ2v) is 5.65. The predicted octanol–water partition coefficient (Wildman–Crippen LogP) is 4.32. The zero-order valence-corrected chi connectivity index (χ0v) is 12.9. The van der Waals surface area contributed by atoms with Crippen molar-refractivity contribution >= 4 is 21.7 Å². The molecule has 1 rings (SSSR count). The molecule has 106 valence electrons. The van der Waals surface area contributed by atoms with Gasteiger partial charge in [-0.1, -0.05) is 25.8 Å². The highest BCUT2D eigenvalue weighted by Crippen LogP contribution is 2.22. The summed E-state index contributed by atoms with van der Waals surface area (Å²) < 4.78 is 14.1. The van der Waals surface area contributed by atoms with Gasteiger partial charge in [0, 0.05) is 6.42 Å². The number of carbonyl (C=O) groups is 1. The minimum absolute atomic E-state index is 0.128. The van der Waals surface area contributed by atoms with Crippen LogP contribution < -0.4 is 5.73 Å². The van der Waals surface area contributed by atoms with Crippen LogP contribution in [0.4, 0.5) is 4.39 Å². The Kier molecular flexibility index (Phi) is 7.24. The van der Waals surface area contributed by atoms with E-state index in [4.69, 9.17) is 5.73 Å². The molecule has 4 heteroatoms. The maximum absolute atomic E-state index is 13.8. The molecule has 2 nitrogen and oxygen atoms in total. The van der Waals surface area contributed by atoms with Crippen LogP contribution >= 0.6 is 15.9 Å².